The highest BCUT2D eigenvalue weighted by atomic mass is 16.4. The van der Waals surface area contributed by atoms with Crippen LogP contribution in [0.5, 0.6) is 0 Å². The van der Waals surface area contributed by atoms with Gasteiger partial charge in [-0.3, -0.25) is 0 Å². The second-order valence-corrected chi connectivity index (χ2v) is 7.02. The van der Waals surface area contributed by atoms with Gasteiger partial charge in [-0.25, -0.2) is 9.78 Å². The van der Waals surface area contributed by atoms with Gasteiger partial charge in [-0.1, -0.05) is 24.3 Å². The van der Waals surface area contributed by atoms with Crippen molar-refractivity contribution in [3.8, 4) is 0 Å². The summed E-state index contributed by atoms with van der Waals surface area (Å²) in [7, 11) is 0. The number of aromatic amines is 1. The number of nitrogens with one attached hydrogen (secondary N) is 1. The Balaban J connectivity index is 1.49. The molecule has 1 aliphatic heterocycles. The van der Waals surface area contributed by atoms with E-state index in [1.54, 1.807) is 6.08 Å². The Morgan fingerprint density at radius 3 is 2.63 bits per heavy atom. The van der Waals surface area contributed by atoms with Crippen molar-refractivity contribution >= 4 is 28.8 Å². The van der Waals surface area contributed by atoms with Gasteiger partial charge < -0.3 is 15.0 Å². The van der Waals surface area contributed by atoms with Crippen molar-refractivity contribution in [2.45, 2.75) is 25.7 Å². The van der Waals surface area contributed by atoms with Gasteiger partial charge in [0.2, 0.25) is 0 Å². The zero-order valence-electron chi connectivity index (χ0n) is 15.2. The van der Waals surface area contributed by atoms with Crippen molar-refractivity contribution in [2.75, 3.05) is 18.0 Å². The Morgan fingerprint density at radius 2 is 1.89 bits per heavy atom. The topological polar surface area (TPSA) is 69.2 Å². The average molecular weight is 361 g/mol. The molecule has 0 bridgehead atoms. The summed E-state index contributed by atoms with van der Waals surface area (Å²) in [4.78, 5) is 21.2. The molecule has 27 heavy (non-hydrogen) atoms. The third kappa shape index (κ3) is 4.19. The van der Waals surface area contributed by atoms with E-state index in [4.69, 9.17) is 10.1 Å². The van der Waals surface area contributed by atoms with Gasteiger partial charge in [0.25, 0.3) is 0 Å². The normalized spacial score (nSPS) is 14.9. The number of rotatable bonds is 5. The molecule has 2 N–H and O–H groups in total. The Kier molecular flexibility index (Phi) is 4.92. The maximum Gasteiger partial charge on any atom is 0.328 e. The minimum Gasteiger partial charge on any atom is -0.478 e. The number of aliphatic carboxylic acids is 1. The van der Waals surface area contributed by atoms with Crippen molar-refractivity contribution in [3.63, 3.8) is 0 Å². The number of imidazole rings is 1. The Labute approximate surface area is 158 Å². The van der Waals surface area contributed by atoms with Gasteiger partial charge in [-0.15, -0.1) is 0 Å². The second-order valence-electron chi connectivity index (χ2n) is 7.02. The molecular formula is C22H23N3O2. The van der Waals surface area contributed by atoms with Crippen LogP contribution in [0.4, 0.5) is 5.69 Å². The van der Waals surface area contributed by atoms with Crippen LogP contribution in [0.1, 0.15) is 36.2 Å². The van der Waals surface area contributed by atoms with Gasteiger partial charge in [0, 0.05) is 31.3 Å². The number of piperidine rings is 1. The smallest absolute Gasteiger partial charge is 0.328 e. The SMILES string of the molecule is O=C(O)/C=C/c1ccc(Cc2nc3cc(N4CCCCC4)ccc3[nH]2)cc1. The summed E-state index contributed by atoms with van der Waals surface area (Å²) >= 11 is 0. The molecule has 5 nitrogen and oxygen atoms in total. The summed E-state index contributed by atoms with van der Waals surface area (Å²) in [6.45, 7) is 2.26. The molecule has 0 aliphatic carbocycles. The number of fused-ring (bicyclic) bond motifs is 1. The molecule has 2 heterocycles. The molecule has 1 aromatic heterocycles. The quantitative estimate of drug-likeness (QED) is 0.667. The van der Waals surface area contributed by atoms with Crippen LogP contribution in [0.3, 0.4) is 0 Å². The van der Waals surface area contributed by atoms with Crippen LogP contribution in [0.25, 0.3) is 17.1 Å². The lowest BCUT2D eigenvalue weighted by Crippen LogP contribution is -2.29. The van der Waals surface area contributed by atoms with Crippen molar-refractivity contribution in [1.82, 2.24) is 9.97 Å². The van der Waals surface area contributed by atoms with E-state index in [1.807, 2.05) is 24.3 Å². The molecule has 0 atom stereocenters. The first-order chi connectivity index (χ1) is 13.2. The fraction of sp³-hybridized carbons (Fsp3) is 0.273. The number of carboxylic acids is 1. The molecule has 2 aromatic carbocycles. The third-order valence-corrected chi connectivity index (χ3v) is 5.01. The molecule has 3 aromatic rings. The van der Waals surface area contributed by atoms with Crippen LogP contribution in [0.15, 0.2) is 48.5 Å². The zero-order valence-corrected chi connectivity index (χ0v) is 15.2. The number of aromatic nitrogens is 2. The number of anilines is 1. The minimum atomic E-state index is -0.940. The number of benzene rings is 2. The number of carbonyl (C=O) groups is 1. The van der Waals surface area contributed by atoms with Gasteiger partial charge >= 0.3 is 5.97 Å². The molecule has 0 spiro atoms. The van der Waals surface area contributed by atoms with E-state index in [0.29, 0.717) is 0 Å². The lowest BCUT2D eigenvalue weighted by atomic mass is 10.1. The van der Waals surface area contributed by atoms with Crippen LogP contribution in [-0.2, 0) is 11.2 Å². The predicted octanol–water partition coefficient (Wildman–Crippen LogP) is 4.24. The molecule has 0 radical (unpaired) electrons. The van der Waals surface area contributed by atoms with Gasteiger partial charge in [0.05, 0.1) is 11.0 Å². The standard InChI is InChI=1S/C22H23N3O2/c26-22(27)11-8-16-4-6-17(7-5-16)14-21-23-19-10-9-18(15-20(19)24-21)25-12-2-1-3-13-25/h4-11,15H,1-3,12-14H2,(H,23,24)(H,26,27)/b11-8+. The molecule has 1 fully saturated rings. The van der Waals surface area contributed by atoms with Crippen molar-refractivity contribution < 1.29 is 9.90 Å². The Morgan fingerprint density at radius 1 is 1.11 bits per heavy atom. The van der Waals surface area contributed by atoms with E-state index in [0.717, 1.165) is 53.6 Å². The fourth-order valence-electron chi connectivity index (χ4n) is 3.59. The predicted molar refractivity (Wildman–Crippen MR) is 108 cm³/mol. The number of hydrogen-bond donors (Lipinski definition) is 2. The zero-order chi connectivity index (χ0) is 18.6. The first-order valence-electron chi connectivity index (χ1n) is 9.41. The van der Waals surface area contributed by atoms with Crippen molar-refractivity contribution in [1.29, 1.82) is 0 Å². The largest absolute Gasteiger partial charge is 0.478 e. The Bertz CT molecular complexity index is 967. The van der Waals surface area contributed by atoms with Gasteiger partial charge in [0.15, 0.2) is 0 Å². The lowest BCUT2D eigenvalue weighted by Gasteiger charge is -2.28. The van der Waals surface area contributed by atoms with Crippen LogP contribution in [0.2, 0.25) is 0 Å². The molecule has 138 valence electrons. The maximum atomic E-state index is 10.6. The molecule has 0 saturated carbocycles. The van der Waals surface area contributed by atoms with Crippen molar-refractivity contribution in [2.24, 2.45) is 0 Å². The van der Waals surface area contributed by atoms with Gasteiger partial charge in [-0.05, 0) is 54.7 Å². The molecule has 1 aliphatic rings. The summed E-state index contributed by atoms with van der Waals surface area (Å²) in [5, 5.41) is 8.69. The molecule has 0 unspecified atom stereocenters. The van der Waals surface area contributed by atoms with E-state index < -0.39 is 5.97 Å². The number of H-pyrrole nitrogens is 1. The van der Waals surface area contributed by atoms with Crippen LogP contribution < -0.4 is 4.90 Å². The second kappa shape index (κ2) is 7.66. The number of nitrogens with zero attached hydrogens (tertiary/aromatic N) is 2. The monoisotopic (exact) mass is 361 g/mol. The fourth-order valence-corrected chi connectivity index (χ4v) is 3.59. The van der Waals surface area contributed by atoms with Crippen LogP contribution in [0, 0.1) is 0 Å². The highest BCUT2D eigenvalue weighted by Crippen LogP contribution is 2.24. The van der Waals surface area contributed by atoms with Crippen LogP contribution in [-0.4, -0.2) is 34.1 Å². The van der Waals surface area contributed by atoms with E-state index in [1.165, 1.54) is 24.9 Å². The minimum absolute atomic E-state index is 0.719. The van der Waals surface area contributed by atoms with E-state index in [2.05, 4.69) is 28.1 Å². The average Bonchev–Trinajstić information content (AvgIpc) is 3.09. The summed E-state index contributed by atoms with van der Waals surface area (Å²) in [5.41, 5.74) is 5.34. The van der Waals surface area contributed by atoms with E-state index in [-0.39, 0.29) is 0 Å². The summed E-state index contributed by atoms with van der Waals surface area (Å²) in [6.07, 6.45) is 7.32. The highest BCUT2D eigenvalue weighted by molar-refractivity contribution is 5.85. The molecular weight excluding hydrogens is 338 g/mol. The molecule has 0 amide bonds. The summed E-state index contributed by atoms with van der Waals surface area (Å²) in [6, 6.07) is 14.3. The molecule has 4 rings (SSSR count). The van der Waals surface area contributed by atoms with E-state index in [9.17, 15) is 4.79 Å². The lowest BCUT2D eigenvalue weighted by molar-refractivity contribution is -0.131. The molecule has 1 saturated heterocycles. The van der Waals surface area contributed by atoms with Crippen LogP contribution >= 0.6 is 0 Å². The molecule has 5 heteroatoms. The van der Waals surface area contributed by atoms with Gasteiger partial charge in [0.1, 0.15) is 5.82 Å². The van der Waals surface area contributed by atoms with Crippen molar-refractivity contribution in [3.05, 3.63) is 65.5 Å². The summed E-state index contributed by atoms with van der Waals surface area (Å²) < 4.78 is 0. The van der Waals surface area contributed by atoms with E-state index >= 15 is 0 Å². The summed E-state index contributed by atoms with van der Waals surface area (Å²) in [5.74, 6) is -0.0000955. The highest BCUT2D eigenvalue weighted by Gasteiger charge is 2.12. The number of hydrogen-bond acceptors (Lipinski definition) is 3. The Hall–Kier alpha value is -3.08. The number of carboxylic acid groups (broad SMARTS) is 1. The first-order valence-corrected chi connectivity index (χ1v) is 9.41. The maximum absolute atomic E-state index is 10.6. The first kappa shape index (κ1) is 17.3. The van der Waals surface area contributed by atoms with Gasteiger partial charge in [-0.2, -0.15) is 0 Å². The third-order valence-electron chi connectivity index (χ3n) is 5.01.